The van der Waals surface area contributed by atoms with Gasteiger partial charge >= 0.3 is 0 Å². The maximum atomic E-state index is 6.04. The molecule has 0 N–H and O–H groups in total. The van der Waals surface area contributed by atoms with Crippen LogP contribution >= 0.6 is 46.1 Å². The van der Waals surface area contributed by atoms with Crippen molar-refractivity contribution in [2.24, 2.45) is 0 Å². The van der Waals surface area contributed by atoms with Crippen molar-refractivity contribution in [3.63, 3.8) is 0 Å². The van der Waals surface area contributed by atoms with E-state index in [0.717, 1.165) is 10.1 Å². The molecule has 0 fully saturated rings. The Morgan fingerprint density at radius 1 is 1.15 bits per heavy atom. The largest absolute Gasteiger partial charge is 0.142 e. The van der Waals surface area contributed by atoms with E-state index >= 15 is 0 Å². The first-order valence-corrected chi connectivity index (χ1v) is 5.64. The van der Waals surface area contributed by atoms with E-state index in [1.165, 1.54) is 5.56 Å². The molecule has 0 saturated carbocycles. The van der Waals surface area contributed by atoms with Crippen molar-refractivity contribution in [3.05, 3.63) is 32.1 Å². The summed E-state index contributed by atoms with van der Waals surface area (Å²) in [7, 11) is 0. The topological polar surface area (TPSA) is 0 Å². The summed E-state index contributed by atoms with van der Waals surface area (Å²) in [4.78, 5) is 0. The zero-order chi connectivity index (χ0) is 9.59. The second-order valence-corrected chi connectivity index (χ2v) is 4.82. The van der Waals surface area contributed by atoms with Crippen molar-refractivity contribution in [3.8, 4) is 0 Å². The van der Waals surface area contributed by atoms with Crippen molar-refractivity contribution in [1.29, 1.82) is 0 Å². The van der Waals surface area contributed by atoms with Crippen molar-refractivity contribution in [2.45, 2.75) is 6.92 Å². The number of thiophene rings is 1. The van der Waals surface area contributed by atoms with E-state index in [1.54, 1.807) is 11.3 Å². The van der Waals surface area contributed by atoms with Crippen LogP contribution in [0.25, 0.3) is 10.1 Å². The zero-order valence-electron chi connectivity index (χ0n) is 6.70. The summed E-state index contributed by atoms with van der Waals surface area (Å²) in [6.45, 7) is 2.03. The summed E-state index contributed by atoms with van der Waals surface area (Å²) in [5.41, 5.74) is 1.18. The molecule has 0 aliphatic rings. The van der Waals surface area contributed by atoms with E-state index in [9.17, 15) is 0 Å². The van der Waals surface area contributed by atoms with Crippen molar-refractivity contribution in [1.82, 2.24) is 0 Å². The predicted molar refractivity (Wildman–Crippen MR) is 61.6 cm³/mol. The van der Waals surface area contributed by atoms with Gasteiger partial charge in [-0.2, -0.15) is 0 Å². The fourth-order valence-corrected chi connectivity index (χ4v) is 2.97. The molecule has 2 aromatic rings. The van der Waals surface area contributed by atoms with E-state index < -0.39 is 0 Å². The Morgan fingerprint density at radius 2 is 1.85 bits per heavy atom. The molecule has 0 bridgehead atoms. The normalized spacial score (nSPS) is 11.1. The Hall–Kier alpha value is 0.0500. The number of benzene rings is 1. The van der Waals surface area contributed by atoms with Crippen molar-refractivity contribution < 1.29 is 0 Å². The van der Waals surface area contributed by atoms with Crippen LogP contribution in [-0.2, 0) is 0 Å². The molecule has 0 aliphatic heterocycles. The molecule has 0 spiro atoms. The third kappa shape index (κ3) is 1.44. The minimum absolute atomic E-state index is 0.442. The fraction of sp³-hybridized carbons (Fsp3) is 0.111. The molecule has 0 aliphatic carbocycles. The molecular weight excluding hydrogens is 247 g/mol. The quantitative estimate of drug-likeness (QED) is 0.567. The van der Waals surface area contributed by atoms with Gasteiger partial charge in [-0.25, -0.2) is 0 Å². The Bertz CT molecular complexity index is 473. The molecule has 0 unspecified atom stereocenters. The molecule has 0 atom stereocenters. The second-order valence-electron chi connectivity index (χ2n) is 2.78. The van der Waals surface area contributed by atoms with E-state index in [1.807, 2.05) is 18.4 Å². The van der Waals surface area contributed by atoms with Crippen molar-refractivity contribution in [2.75, 3.05) is 0 Å². The summed E-state index contributed by atoms with van der Waals surface area (Å²) in [5, 5.41) is 4.65. The van der Waals surface area contributed by atoms with Crippen LogP contribution in [0.3, 0.4) is 0 Å². The number of fused-ring (bicyclic) bond motifs is 1. The molecule has 0 radical (unpaired) electrons. The van der Waals surface area contributed by atoms with Crippen LogP contribution in [0.1, 0.15) is 5.56 Å². The van der Waals surface area contributed by atoms with E-state index in [4.69, 9.17) is 34.8 Å². The predicted octanol–water partition coefficient (Wildman–Crippen LogP) is 5.17. The van der Waals surface area contributed by atoms with Gasteiger partial charge in [0, 0.05) is 0 Å². The molecule has 1 aromatic carbocycles. The van der Waals surface area contributed by atoms with Gasteiger partial charge in [-0.05, 0) is 29.3 Å². The zero-order valence-corrected chi connectivity index (χ0v) is 9.78. The van der Waals surface area contributed by atoms with Gasteiger partial charge in [-0.1, -0.05) is 34.8 Å². The summed E-state index contributed by atoms with van der Waals surface area (Å²) in [5.74, 6) is 0. The van der Waals surface area contributed by atoms with Crippen LogP contribution in [-0.4, -0.2) is 0 Å². The Morgan fingerprint density at radius 3 is 2.54 bits per heavy atom. The van der Waals surface area contributed by atoms with Gasteiger partial charge in [0.2, 0.25) is 0 Å². The summed E-state index contributed by atoms with van der Waals surface area (Å²) < 4.78 is 1.01. The van der Waals surface area contributed by atoms with Gasteiger partial charge < -0.3 is 0 Å². The summed E-state index contributed by atoms with van der Waals surface area (Å²) in [6.07, 6.45) is 0. The van der Waals surface area contributed by atoms with Gasteiger partial charge in [-0.15, -0.1) is 11.3 Å². The SMILES string of the molecule is Cc1csc2c(Cl)c(Cl)c(Cl)cc12. The Kier molecular flexibility index (Phi) is 2.45. The minimum Gasteiger partial charge on any atom is -0.142 e. The molecule has 2 rings (SSSR count). The highest BCUT2D eigenvalue weighted by atomic mass is 35.5. The highest BCUT2D eigenvalue weighted by molar-refractivity contribution is 7.18. The van der Waals surface area contributed by atoms with Gasteiger partial charge in [-0.3, -0.25) is 0 Å². The Labute approximate surface area is 95.0 Å². The standard InChI is InChI=1S/C9H5Cl3S/c1-4-3-13-9-5(4)2-6(10)7(11)8(9)12/h2-3H,1H3. The molecule has 0 saturated heterocycles. The van der Waals surface area contributed by atoms with Crippen LogP contribution in [0, 0.1) is 6.92 Å². The van der Waals surface area contributed by atoms with Gasteiger partial charge in [0.25, 0.3) is 0 Å². The third-order valence-electron chi connectivity index (χ3n) is 1.90. The van der Waals surface area contributed by atoms with Crippen LogP contribution in [0.15, 0.2) is 11.4 Å². The number of hydrogen-bond donors (Lipinski definition) is 0. The van der Waals surface area contributed by atoms with Crippen LogP contribution in [0.5, 0.6) is 0 Å². The van der Waals surface area contributed by atoms with Crippen LogP contribution in [0.4, 0.5) is 0 Å². The lowest BCUT2D eigenvalue weighted by Gasteiger charge is -2.00. The molecule has 0 amide bonds. The first kappa shape index (κ1) is 9.60. The van der Waals surface area contributed by atoms with Crippen LogP contribution in [0.2, 0.25) is 15.1 Å². The molecular formula is C9H5Cl3S. The summed E-state index contributed by atoms with van der Waals surface area (Å²) in [6, 6.07) is 1.86. The van der Waals surface area contributed by atoms with Gasteiger partial charge in [0.15, 0.2) is 0 Å². The average Bonchev–Trinajstić information content (AvgIpc) is 2.45. The maximum Gasteiger partial charge on any atom is 0.0793 e. The lowest BCUT2D eigenvalue weighted by atomic mass is 10.2. The molecule has 1 heterocycles. The highest BCUT2D eigenvalue weighted by Gasteiger charge is 2.11. The molecule has 1 aromatic heterocycles. The summed E-state index contributed by atoms with van der Waals surface area (Å²) >= 11 is 19.4. The number of aryl methyl sites for hydroxylation is 1. The molecule has 13 heavy (non-hydrogen) atoms. The monoisotopic (exact) mass is 250 g/mol. The van der Waals surface area contributed by atoms with E-state index in [0.29, 0.717) is 15.1 Å². The minimum atomic E-state index is 0.442. The third-order valence-corrected chi connectivity index (χ3v) is 4.40. The second kappa shape index (κ2) is 3.32. The molecule has 4 heteroatoms. The Balaban J connectivity index is 2.96. The molecule has 0 nitrogen and oxygen atoms in total. The van der Waals surface area contributed by atoms with E-state index in [-0.39, 0.29) is 0 Å². The maximum absolute atomic E-state index is 6.04. The van der Waals surface area contributed by atoms with E-state index in [2.05, 4.69) is 0 Å². The number of rotatable bonds is 0. The fourth-order valence-electron chi connectivity index (χ4n) is 1.20. The smallest absolute Gasteiger partial charge is 0.0793 e. The van der Waals surface area contributed by atoms with Gasteiger partial charge in [0.05, 0.1) is 19.8 Å². The highest BCUT2D eigenvalue weighted by Crippen LogP contribution is 2.40. The lowest BCUT2D eigenvalue weighted by molar-refractivity contribution is 1.60. The first-order chi connectivity index (χ1) is 6.11. The van der Waals surface area contributed by atoms with Crippen LogP contribution < -0.4 is 0 Å². The number of hydrogen-bond acceptors (Lipinski definition) is 1. The average molecular weight is 252 g/mol. The molecule has 68 valence electrons. The van der Waals surface area contributed by atoms with Crippen molar-refractivity contribution >= 4 is 56.2 Å². The number of halogens is 3. The first-order valence-electron chi connectivity index (χ1n) is 3.62. The lowest BCUT2D eigenvalue weighted by Crippen LogP contribution is -1.74. The van der Waals surface area contributed by atoms with Gasteiger partial charge in [0.1, 0.15) is 0 Å².